The molecule has 0 unspecified atom stereocenters. The number of nitrogens with one attached hydrogen (secondary N) is 1. The van der Waals surface area contributed by atoms with Crippen LogP contribution < -0.4 is 10.9 Å². The SMILES string of the molecule is Cc1ncn(CCNCCC(C)(C)C)c(=O)c1Br. The summed E-state index contributed by atoms with van der Waals surface area (Å²) in [6.45, 7) is 10.9. The van der Waals surface area contributed by atoms with Gasteiger partial charge in [0.05, 0.1) is 12.0 Å². The standard InChI is InChI=1S/C13H22BrN3O/c1-10-11(14)12(18)17(9-16-10)8-7-15-6-5-13(2,3)4/h9,15H,5-8H2,1-4H3. The molecule has 1 heterocycles. The maximum atomic E-state index is 11.9. The molecule has 0 aliphatic carbocycles. The Labute approximate surface area is 117 Å². The molecule has 0 aromatic carbocycles. The molecule has 0 amide bonds. The van der Waals surface area contributed by atoms with Gasteiger partial charge in [-0.15, -0.1) is 0 Å². The fraction of sp³-hybridized carbons (Fsp3) is 0.692. The van der Waals surface area contributed by atoms with Crippen molar-refractivity contribution in [2.45, 2.75) is 40.7 Å². The van der Waals surface area contributed by atoms with Gasteiger partial charge in [0.15, 0.2) is 0 Å². The Bertz CT molecular complexity index is 449. The second kappa shape index (κ2) is 6.48. The number of aryl methyl sites for hydroxylation is 1. The first-order valence-electron chi connectivity index (χ1n) is 6.23. The number of halogens is 1. The van der Waals surface area contributed by atoms with Crippen molar-refractivity contribution in [1.29, 1.82) is 0 Å². The number of hydrogen-bond donors (Lipinski definition) is 1. The summed E-state index contributed by atoms with van der Waals surface area (Å²) in [6, 6.07) is 0. The van der Waals surface area contributed by atoms with Gasteiger partial charge >= 0.3 is 0 Å². The van der Waals surface area contributed by atoms with Gasteiger partial charge in [-0.2, -0.15) is 0 Å². The lowest BCUT2D eigenvalue weighted by molar-refractivity contribution is 0.365. The molecule has 0 bridgehead atoms. The third-order valence-electron chi connectivity index (χ3n) is 2.74. The molecular weight excluding hydrogens is 294 g/mol. The molecule has 0 radical (unpaired) electrons. The molecule has 1 rings (SSSR count). The van der Waals surface area contributed by atoms with Gasteiger partial charge in [0.25, 0.3) is 5.56 Å². The van der Waals surface area contributed by atoms with E-state index in [4.69, 9.17) is 0 Å². The zero-order chi connectivity index (χ0) is 13.8. The Morgan fingerprint density at radius 1 is 1.39 bits per heavy atom. The van der Waals surface area contributed by atoms with E-state index < -0.39 is 0 Å². The molecule has 1 N–H and O–H groups in total. The highest BCUT2D eigenvalue weighted by Gasteiger charge is 2.09. The van der Waals surface area contributed by atoms with Crippen molar-refractivity contribution in [3.05, 3.63) is 26.8 Å². The predicted octanol–water partition coefficient (Wildman–Crippen LogP) is 2.34. The summed E-state index contributed by atoms with van der Waals surface area (Å²) in [4.78, 5) is 16.0. The Hall–Kier alpha value is -0.680. The van der Waals surface area contributed by atoms with Crippen LogP contribution in [0, 0.1) is 12.3 Å². The van der Waals surface area contributed by atoms with E-state index in [2.05, 4.69) is 47.0 Å². The van der Waals surface area contributed by atoms with Gasteiger partial charge < -0.3 is 5.32 Å². The van der Waals surface area contributed by atoms with E-state index in [0.29, 0.717) is 16.4 Å². The highest BCUT2D eigenvalue weighted by molar-refractivity contribution is 9.10. The molecule has 0 atom stereocenters. The maximum Gasteiger partial charge on any atom is 0.267 e. The van der Waals surface area contributed by atoms with Crippen LogP contribution in [-0.4, -0.2) is 22.6 Å². The van der Waals surface area contributed by atoms with Gasteiger partial charge in [0.2, 0.25) is 0 Å². The van der Waals surface area contributed by atoms with Crippen LogP contribution in [0.2, 0.25) is 0 Å². The minimum atomic E-state index is -0.0138. The van der Waals surface area contributed by atoms with E-state index in [0.717, 1.165) is 25.2 Å². The van der Waals surface area contributed by atoms with Gasteiger partial charge in [0, 0.05) is 13.1 Å². The zero-order valence-corrected chi connectivity index (χ0v) is 13.2. The molecule has 0 aliphatic rings. The van der Waals surface area contributed by atoms with E-state index in [-0.39, 0.29) is 5.56 Å². The summed E-state index contributed by atoms with van der Waals surface area (Å²) < 4.78 is 2.18. The van der Waals surface area contributed by atoms with Crippen LogP contribution in [0.3, 0.4) is 0 Å². The van der Waals surface area contributed by atoms with E-state index in [9.17, 15) is 4.79 Å². The number of hydrogen-bond acceptors (Lipinski definition) is 3. The molecule has 18 heavy (non-hydrogen) atoms. The summed E-state index contributed by atoms with van der Waals surface area (Å²) in [7, 11) is 0. The Morgan fingerprint density at radius 2 is 2.06 bits per heavy atom. The average molecular weight is 316 g/mol. The molecule has 0 spiro atoms. The fourth-order valence-electron chi connectivity index (χ4n) is 1.49. The van der Waals surface area contributed by atoms with E-state index in [1.54, 1.807) is 10.9 Å². The highest BCUT2D eigenvalue weighted by atomic mass is 79.9. The third kappa shape index (κ3) is 4.90. The molecule has 1 aromatic heterocycles. The van der Waals surface area contributed by atoms with E-state index >= 15 is 0 Å². The normalized spacial score (nSPS) is 11.8. The highest BCUT2D eigenvalue weighted by Crippen LogP contribution is 2.16. The maximum absolute atomic E-state index is 11.9. The Morgan fingerprint density at radius 3 is 2.67 bits per heavy atom. The second-order valence-corrected chi connectivity index (χ2v) is 6.50. The topological polar surface area (TPSA) is 46.9 Å². The number of nitrogens with zero attached hydrogens (tertiary/aromatic N) is 2. The van der Waals surface area contributed by atoms with Gasteiger partial charge in [-0.1, -0.05) is 20.8 Å². The smallest absolute Gasteiger partial charge is 0.267 e. The van der Waals surface area contributed by atoms with Crippen LogP contribution >= 0.6 is 15.9 Å². The Balaban J connectivity index is 2.41. The molecule has 4 nitrogen and oxygen atoms in total. The van der Waals surface area contributed by atoms with Gasteiger partial charge in [0.1, 0.15) is 4.47 Å². The van der Waals surface area contributed by atoms with Crippen LogP contribution in [0.5, 0.6) is 0 Å². The van der Waals surface area contributed by atoms with Gasteiger partial charge in [-0.25, -0.2) is 4.98 Å². The quantitative estimate of drug-likeness (QED) is 0.848. The van der Waals surface area contributed by atoms with Crippen LogP contribution in [-0.2, 0) is 6.54 Å². The largest absolute Gasteiger partial charge is 0.315 e. The van der Waals surface area contributed by atoms with Gasteiger partial charge in [-0.05, 0) is 41.2 Å². The molecule has 102 valence electrons. The van der Waals surface area contributed by atoms with E-state index in [1.807, 2.05) is 6.92 Å². The molecule has 5 heteroatoms. The van der Waals surface area contributed by atoms with E-state index in [1.165, 1.54) is 0 Å². The lowest BCUT2D eigenvalue weighted by Gasteiger charge is -2.18. The molecule has 0 saturated carbocycles. The third-order valence-corrected chi connectivity index (χ3v) is 3.65. The fourth-order valence-corrected chi connectivity index (χ4v) is 1.82. The minimum Gasteiger partial charge on any atom is -0.315 e. The van der Waals surface area contributed by atoms with Crippen molar-refractivity contribution in [2.75, 3.05) is 13.1 Å². The number of aromatic nitrogens is 2. The molecule has 0 aliphatic heterocycles. The summed E-state index contributed by atoms with van der Waals surface area (Å²) >= 11 is 3.26. The molecule has 0 fully saturated rings. The van der Waals surface area contributed by atoms with Crippen molar-refractivity contribution in [3.63, 3.8) is 0 Å². The molecule has 0 saturated heterocycles. The first-order chi connectivity index (χ1) is 8.31. The van der Waals surface area contributed by atoms with Crippen molar-refractivity contribution in [2.24, 2.45) is 5.41 Å². The minimum absolute atomic E-state index is 0.0138. The van der Waals surface area contributed by atoms with Crippen molar-refractivity contribution in [1.82, 2.24) is 14.9 Å². The van der Waals surface area contributed by atoms with Crippen molar-refractivity contribution >= 4 is 15.9 Å². The lowest BCUT2D eigenvalue weighted by Crippen LogP contribution is -2.29. The van der Waals surface area contributed by atoms with Crippen molar-refractivity contribution < 1.29 is 0 Å². The van der Waals surface area contributed by atoms with Crippen LogP contribution in [0.1, 0.15) is 32.9 Å². The molecule has 1 aromatic rings. The van der Waals surface area contributed by atoms with Crippen LogP contribution in [0.15, 0.2) is 15.6 Å². The summed E-state index contributed by atoms with van der Waals surface area (Å²) in [5.74, 6) is 0. The van der Waals surface area contributed by atoms with Crippen molar-refractivity contribution in [3.8, 4) is 0 Å². The molecular formula is C13H22BrN3O. The predicted molar refractivity (Wildman–Crippen MR) is 77.9 cm³/mol. The summed E-state index contributed by atoms with van der Waals surface area (Å²) in [6.07, 6.45) is 2.73. The Kier molecular flexibility index (Phi) is 5.53. The number of rotatable bonds is 5. The monoisotopic (exact) mass is 315 g/mol. The zero-order valence-electron chi connectivity index (χ0n) is 11.6. The van der Waals surface area contributed by atoms with Crippen LogP contribution in [0.4, 0.5) is 0 Å². The average Bonchev–Trinajstić information content (AvgIpc) is 2.27. The van der Waals surface area contributed by atoms with Crippen LogP contribution in [0.25, 0.3) is 0 Å². The first kappa shape index (κ1) is 15.4. The first-order valence-corrected chi connectivity index (χ1v) is 7.03. The second-order valence-electron chi connectivity index (χ2n) is 5.70. The van der Waals surface area contributed by atoms with Gasteiger partial charge in [-0.3, -0.25) is 9.36 Å². The summed E-state index contributed by atoms with van der Waals surface area (Å²) in [5, 5.41) is 3.35. The summed E-state index contributed by atoms with van der Waals surface area (Å²) in [5.41, 5.74) is 1.07. The lowest BCUT2D eigenvalue weighted by atomic mass is 9.92.